The smallest absolute Gasteiger partial charge is 0.270 e. The zero-order chi connectivity index (χ0) is 18.4. The Balaban J connectivity index is 1.88. The maximum atomic E-state index is 11.8. The summed E-state index contributed by atoms with van der Waals surface area (Å²) < 4.78 is 1.85. The highest BCUT2D eigenvalue weighted by molar-refractivity contribution is 9.11. The minimum absolute atomic E-state index is 0.0348. The van der Waals surface area contributed by atoms with Gasteiger partial charge in [-0.2, -0.15) is 5.10 Å². The molecule has 0 unspecified atom stereocenters. The highest BCUT2D eigenvalue weighted by Gasteiger charge is 2.06. The quantitative estimate of drug-likeness (QED) is 0.379. The first-order chi connectivity index (χ1) is 11.9. The van der Waals surface area contributed by atoms with Crippen LogP contribution in [-0.4, -0.2) is 23.6 Å². The van der Waals surface area contributed by atoms with Gasteiger partial charge in [-0.1, -0.05) is 44.0 Å². The van der Waals surface area contributed by atoms with Crippen molar-refractivity contribution in [3.05, 3.63) is 66.6 Å². The van der Waals surface area contributed by atoms with E-state index < -0.39 is 4.92 Å². The molecule has 130 valence electrons. The van der Waals surface area contributed by atoms with Crippen LogP contribution in [0.3, 0.4) is 0 Å². The zero-order valence-electron chi connectivity index (χ0n) is 13.1. The van der Waals surface area contributed by atoms with Crippen molar-refractivity contribution in [3.63, 3.8) is 0 Å². The summed E-state index contributed by atoms with van der Waals surface area (Å²) in [5, 5.41) is 17.5. The maximum absolute atomic E-state index is 11.8. The molecule has 0 saturated carbocycles. The Kier molecular flexibility index (Phi) is 6.65. The predicted molar refractivity (Wildman–Crippen MR) is 104 cm³/mol. The molecule has 0 heterocycles. The first kappa shape index (κ1) is 19.1. The Morgan fingerprint density at radius 2 is 1.96 bits per heavy atom. The largest absolute Gasteiger partial charge is 0.376 e. The number of halogens is 2. The molecule has 7 nitrogen and oxygen atoms in total. The van der Waals surface area contributed by atoms with Gasteiger partial charge in [0.25, 0.3) is 11.6 Å². The molecule has 1 amide bonds. The van der Waals surface area contributed by atoms with Crippen molar-refractivity contribution in [3.8, 4) is 0 Å². The summed E-state index contributed by atoms with van der Waals surface area (Å²) in [6, 6.07) is 9.71. The Hall–Kier alpha value is -2.26. The highest BCUT2D eigenvalue weighted by atomic mass is 79.9. The third-order valence-electron chi connectivity index (χ3n) is 3.22. The van der Waals surface area contributed by atoms with Gasteiger partial charge in [-0.25, -0.2) is 5.43 Å². The lowest BCUT2D eigenvalue weighted by atomic mass is 10.2. The molecule has 0 aliphatic rings. The van der Waals surface area contributed by atoms with Crippen molar-refractivity contribution in [2.75, 3.05) is 11.9 Å². The van der Waals surface area contributed by atoms with Crippen LogP contribution in [0.25, 0.3) is 0 Å². The summed E-state index contributed by atoms with van der Waals surface area (Å²) in [7, 11) is 0. The van der Waals surface area contributed by atoms with Crippen molar-refractivity contribution in [2.24, 2.45) is 5.10 Å². The third-order valence-corrected chi connectivity index (χ3v) is 4.87. The number of hydrazone groups is 1. The molecule has 0 atom stereocenters. The van der Waals surface area contributed by atoms with E-state index in [9.17, 15) is 14.9 Å². The Morgan fingerprint density at radius 3 is 2.60 bits per heavy atom. The number of hydrogen-bond acceptors (Lipinski definition) is 5. The second-order valence-corrected chi connectivity index (χ2v) is 6.77. The maximum Gasteiger partial charge on any atom is 0.270 e. The zero-order valence-corrected chi connectivity index (χ0v) is 16.3. The minimum Gasteiger partial charge on any atom is -0.376 e. The Labute approximate surface area is 160 Å². The van der Waals surface area contributed by atoms with Gasteiger partial charge in [-0.05, 0) is 24.6 Å². The van der Waals surface area contributed by atoms with Crippen LogP contribution in [0.5, 0.6) is 0 Å². The van der Waals surface area contributed by atoms with Gasteiger partial charge >= 0.3 is 0 Å². The van der Waals surface area contributed by atoms with Gasteiger partial charge in [0, 0.05) is 32.3 Å². The van der Waals surface area contributed by atoms with Crippen LogP contribution >= 0.6 is 31.9 Å². The molecule has 2 aromatic carbocycles. The van der Waals surface area contributed by atoms with Crippen LogP contribution in [0.4, 0.5) is 11.4 Å². The molecule has 0 aromatic heterocycles. The van der Waals surface area contributed by atoms with E-state index in [1.165, 1.54) is 18.3 Å². The van der Waals surface area contributed by atoms with Gasteiger partial charge in [0.2, 0.25) is 0 Å². The van der Waals surface area contributed by atoms with Crippen LogP contribution in [0, 0.1) is 17.0 Å². The number of non-ortho nitro benzene ring substituents is 1. The summed E-state index contributed by atoms with van der Waals surface area (Å²) in [6.45, 7) is 2.00. The first-order valence-corrected chi connectivity index (χ1v) is 8.71. The summed E-state index contributed by atoms with van der Waals surface area (Å²) in [5.74, 6) is -0.338. The number of hydrogen-bond donors (Lipinski definition) is 2. The molecular weight excluding hydrogens is 456 g/mol. The van der Waals surface area contributed by atoms with E-state index in [2.05, 4.69) is 47.7 Å². The highest BCUT2D eigenvalue weighted by Crippen LogP contribution is 2.28. The van der Waals surface area contributed by atoms with Crippen LogP contribution in [-0.2, 0) is 4.79 Å². The summed E-state index contributed by atoms with van der Waals surface area (Å²) >= 11 is 6.89. The molecule has 0 bridgehead atoms. The second-order valence-electron chi connectivity index (χ2n) is 5.06. The molecule has 0 fully saturated rings. The number of amides is 1. The van der Waals surface area contributed by atoms with E-state index in [4.69, 9.17) is 0 Å². The topological polar surface area (TPSA) is 96.6 Å². The lowest BCUT2D eigenvalue weighted by molar-refractivity contribution is -0.384. The van der Waals surface area contributed by atoms with Gasteiger partial charge in [-0.15, -0.1) is 0 Å². The van der Waals surface area contributed by atoms with E-state index in [0.717, 1.165) is 20.2 Å². The molecule has 0 aliphatic carbocycles. The van der Waals surface area contributed by atoms with Crippen LogP contribution < -0.4 is 10.7 Å². The standard InChI is InChI=1S/C16H14Br2N4O3/c1-10-14(17)6-12(7-15(10)18)19-9-16(23)21-20-8-11-3-2-4-13(5-11)22(24)25/h2-8,19H,9H2,1H3,(H,21,23)/b20-8+. The van der Waals surface area contributed by atoms with Crippen molar-refractivity contribution in [1.29, 1.82) is 0 Å². The fourth-order valence-corrected chi connectivity index (χ4v) is 3.05. The number of rotatable bonds is 6. The van der Waals surface area contributed by atoms with Crippen LogP contribution in [0.15, 0.2) is 50.4 Å². The number of nitro groups is 1. The third kappa shape index (κ3) is 5.64. The monoisotopic (exact) mass is 468 g/mol. The molecule has 0 spiro atoms. The molecule has 25 heavy (non-hydrogen) atoms. The van der Waals surface area contributed by atoms with E-state index in [0.29, 0.717) is 5.56 Å². The SMILES string of the molecule is Cc1c(Br)cc(NCC(=O)N/N=C/c2cccc([N+](=O)[O-])c2)cc1Br. The number of carbonyl (C=O) groups is 1. The summed E-state index contributed by atoms with van der Waals surface area (Å²) in [4.78, 5) is 22.0. The van der Waals surface area contributed by atoms with Crippen molar-refractivity contribution < 1.29 is 9.72 Å². The molecular formula is C16H14Br2N4O3. The molecule has 2 N–H and O–H groups in total. The van der Waals surface area contributed by atoms with E-state index in [1.54, 1.807) is 12.1 Å². The van der Waals surface area contributed by atoms with Crippen LogP contribution in [0.1, 0.15) is 11.1 Å². The van der Waals surface area contributed by atoms with Gasteiger partial charge in [-0.3, -0.25) is 14.9 Å². The van der Waals surface area contributed by atoms with Gasteiger partial charge in [0.1, 0.15) is 0 Å². The number of benzene rings is 2. The fourth-order valence-electron chi connectivity index (χ4n) is 1.87. The number of anilines is 1. The molecule has 9 heteroatoms. The normalized spacial score (nSPS) is 10.7. The van der Waals surface area contributed by atoms with Gasteiger partial charge < -0.3 is 5.32 Å². The number of carbonyl (C=O) groups excluding carboxylic acids is 1. The van der Waals surface area contributed by atoms with Crippen molar-refractivity contribution in [1.82, 2.24) is 5.43 Å². The second kappa shape index (κ2) is 8.72. The summed E-state index contributed by atoms with van der Waals surface area (Å²) in [5.41, 5.74) is 4.70. The van der Waals surface area contributed by atoms with Gasteiger partial charge in [0.15, 0.2) is 0 Å². The van der Waals surface area contributed by atoms with Crippen molar-refractivity contribution in [2.45, 2.75) is 6.92 Å². The molecule has 0 saturated heterocycles. The van der Waals surface area contributed by atoms with E-state index in [-0.39, 0.29) is 18.1 Å². The Morgan fingerprint density at radius 1 is 1.28 bits per heavy atom. The minimum atomic E-state index is -0.488. The van der Waals surface area contributed by atoms with Crippen molar-refractivity contribution >= 4 is 55.4 Å². The number of nitrogens with zero attached hydrogens (tertiary/aromatic N) is 2. The first-order valence-electron chi connectivity index (χ1n) is 7.12. The average Bonchev–Trinajstić information content (AvgIpc) is 2.58. The lowest BCUT2D eigenvalue weighted by Gasteiger charge is -2.09. The predicted octanol–water partition coefficient (Wildman–Crippen LogP) is 3.99. The van der Waals surface area contributed by atoms with E-state index >= 15 is 0 Å². The molecule has 0 aliphatic heterocycles. The lowest BCUT2D eigenvalue weighted by Crippen LogP contribution is -2.25. The summed E-state index contributed by atoms with van der Waals surface area (Å²) in [6.07, 6.45) is 1.35. The van der Waals surface area contributed by atoms with E-state index in [1.807, 2.05) is 19.1 Å². The van der Waals surface area contributed by atoms with Gasteiger partial charge in [0.05, 0.1) is 17.7 Å². The fraction of sp³-hybridized carbons (Fsp3) is 0.125. The molecule has 2 aromatic rings. The Bertz CT molecular complexity index is 817. The average molecular weight is 470 g/mol. The molecule has 2 rings (SSSR count). The number of nitro benzene ring substituents is 1. The van der Waals surface area contributed by atoms with Crippen LogP contribution in [0.2, 0.25) is 0 Å². The number of nitrogens with one attached hydrogen (secondary N) is 2. The molecule has 0 radical (unpaired) electrons.